The summed E-state index contributed by atoms with van der Waals surface area (Å²) in [7, 11) is 0. The summed E-state index contributed by atoms with van der Waals surface area (Å²) in [5.41, 5.74) is 0.320. The van der Waals surface area contributed by atoms with Gasteiger partial charge in [0, 0.05) is 6.20 Å². The van der Waals surface area contributed by atoms with Crippen molar-refractivity contribution in [2.75, 3.05) is 4.90 Å². The van der Waals surface area contributed by atoms with Gasteiger partial charge < -0.3 is 0 Å². The van der Waals surface area contributed by atoms with Crippen LogP contribution in [0.2, 0.25) is 0 Å². The second-order valence-electron chi connectivity index (χ2n) is 3.92. The molecule has 2 rings (SSSR count). The van der Waals surface area contributed by atoms with Crippen molar-refractivity contribution in [2.45, 2.75) is 12.6 Å². The number of carbonyl (C=O) groups is 1. The number of amides is 1. The minimum Gasteiger partial charge on any atom is -0.274 e. The van der Waals surface area contributed by atoms with Crippen LogP contribution in [0.1, 0.15) is 6.42 Å². The topological polar surface area (TPSA) is 46.1 Å². The van der Waals surface area contributed by atoms with E-state index in [0.717, 1.165) is 4.90 Å². The van der Waals surface area contributed by atoms with E-state index in [-0.39, 0.29) is 5.82 Å². The van der Waals surface area contributed by atoms with Crippen LogP contribution in [0, 0.1) is 0 Å². The van der Waals surface area contributed by atoms with Crippen molar-refractivity contribution in [3.05, 3.63) is 48.9 Å². The maximum absolute atomic E-state index is 12.4. The summed E-state index contributed by atoms with van der Waals surface area (Å²) in [6.45, 7) is 0. The maximum Gasteiger partial charge on any atom is 0.397 e. The second kappa shape index (κ2) is 5.68. The van der Waals surface area contributed by atoms with Gasteiger partial charge in [0.05, 0.1) is 5.69 Å². The Bertz CT molecular complexity index is 533. The smallest absolute Gasteiger partial charge is 0.274 e. The molecule has 0 saturated carbocycles. The molecule has 4 nitrogen and oxygen atoms in total. The Hall–Kier alpha value is -2.44. The van der Waals surface area contributed by atoms with Crippen LogP contribution in [-0.2, 0) is 4.79 Å². The number of carbonyl (C=O) groups excluding carboxylic acids is 1. The van der Waals surface area contributed by atoms with E-state index in [2.05, 4.69) is 9.97 Å². The average Bonchev–Trinajstić information content (AvgIpc) is 2.39. The predicted octanol–water partition coefficient (Wildman–Crippen LogP) is 3.09. The fourth-order valence-corrected chi connectivity index (χ4v) is 1.65. The van der Waals surface area contributed by atoms with Crippen LogP contribution in [0.15, 0.2) is 48.9 Å². The van der Waals surface area contributed by atoms with Gasteiger partial charge in [-0.3, -0.25) is 9.69 Å². The van der Waals surface area contributed by atoms with Crippen LogP contribution in [0.5, 0.6) is 0 Å². The largest absolute Gasteiger partial charge is 0.397 e. The molecule has 0 spiro atoms. The molecular formula is C13H10F3N3O. The number of benzene rings is 1. The first-order valence-electron chi connectivity index (χ1n) is 5.68. The van der Waals surface area contributed by atoms with E-state index < -0.39 is 18.5 Å². The highest BCUT2D eigenvalue weighted by molar-refractivity contribution is 5.99. The molecule has 0 aliphatic carbocycles. The van der Waals surface area contributed by atoms with Gasteiger partial charge in [0.1, 0.15) is 18.6 Å². The number of para-hydroxylation sites is 1. The lowest BCUT2D eigenvalue weighted by Gasteiger charge is -2.22. The molecule has 1 heterocycles. The van der Waals surface area contributed by atoms with Crippen LogP contribution in [0.3, 0.4) is 0 Å². The Morgan fingerprint density at radius 1 is 1.15 bits per heavy atom. The Balaban J connectivity index is 2.38. The Morgan fingerprint density at radius 2 is 1.85 bits per heavy atom. The van der Waals surface area contributed by atoms with Crippen LogP contribution in [-0.4, -0.2) is 22.1 Å². The number of hydrogen-bond acceptors (Lipinski definition) is 3. The van der Waals surface area contributed by atoms with E-state index in [1.165, 1.54) is 30.7 Å². The van der Waals surface area contributed by atoms with Crippen molar-refractivity contribution in [1.29, 1.82) is 0 Å². The van der Waals surface area contributed by atoms with Crippen molar-refractivity contribution in [3.8, 4) is 0 Å². The van der Waals surface area contributed by atoms with Gasteiger partial charge in [-0.1, -0.05) is 18.2 Å². The van der Waals surface area contributed by atoms with E-state index in [4.69, 9.17) is 0 Å². The van der Waals surface area contributed by atoms with Crippen LogP contribution < -0.4 is 4.90 Å². The molecule has 7 heteroatoms. The number of aromatic nitrogens is 2. The zero-order valence-electron chi connectivity index (χ0n) is 10.2. The highest BCUT2D eigenvalue weighted by Crippen LogP contribution is 2.28. The van der Waals surface area contributed by atoms with Crippen molar-refractivity contribution in [2.24, 2.45) is 0 Å². The molecule has 1 amide bonds. The fraction of sp³-hybridized carbons (Fsp3) is 0.154. The molecule has 0 fully saturated rings. The molecule has 20 heavy (non-hydrogen) atoms. The first kappa shape index (κ1) is 14.0. The number of anilines is 2. The molecule has 0 radical (unpaired) electrons. The molecule has 0 aliphatic rings. The minimum absolute atomic E-state index is 0.0976. The van der Waals surface area contributed by atoms with Crippen molar-refractivity contribution < 1.29 is 18.0 Å². The van der Waals surface area contributed by atoms with Gasteiger partial charge in [-0.15, -0.1) is 0 Å². The number of nitrogens with zero attached hydrogens (tertiary/aromatic N) is 3. The summed E-state index contributed by atoms with van der Waals surface area (Å²) in [4.78, 5) is 20.3. The molecule has 104 valence electrons. The van der Waals surface area contributed by atoms with E-state index in [1.54, 1.807) is 18.2 Å². The van der Waals surface area contributed by atoms with Gasteiger partial charge in [-0.25, -0.2) is 9.97 Å². The van der Waals surface area contributed by atoms with E-state index >= 15 is 0 Å². The first-order chi connectivity index (χ1) is 9.47. The summed E-state index contributed by atoms with van der Waals surface area (Å²) in [5.74, 6) is -0.997. The molecule has 0 N–H and O–H groups in total. The molecule has 0 saturated heterocycles. The molecule has 0 bridgehead atoms. The second-order valence-corrected chi connectivity index (χ2v) is 3.92. The third-order valence-electron chi connectivity index (χ3n) is 2.41. The monoisotopic (exact) mass is 281 g/mol. The quantitative estimate of drug-likeness (QED) is 0.868. The van der Waals surface area contributed by atoms with Crippen molar-refractivity contribution >= 4 is 17.4 Å². The van der Waals surface area contributed by atoms with Crippen molar-refractivity contribution in [3.63, 3.8) is 0 Å². The van der Waals surface area contributed by atoms with Gasteiger partial charge in [0.15, 0.2) is 0 Å². The number of rotatable bonds is 3. The molecule has 1 aromatic carbocycles. The van der Waals surface area contributed by atoms with Crippen LogP contribution >= 0.6 is 0 Å². The summed E-state index contributed by atoms with van der Waals surface area (Å²) in [6.07, 6.45) is -3.59. The van der Waals surface area contributed by atoms with Gasteiger partial charge in [0.25, 0.3) is 0 Å². The molecule has 2 aromatic rings. The summed E-state index contributed by atoms with van der Waals surface area (Å²) in [6, 6.07) is 9.42. The lowest BCUT2D eigenvalue weighted by Crippen LogP contribution is -2.31. The lowest BCUT2D eigenvalue weighted by atomic mass is 10.2. The van der Waals surface area contributed by atoms with E-state index in [0.29, 0.717) is 5.69 Å². The first-order valence-corrected chi connectivity index (χ1v) is 5.68. The lowest BCUT2D eigenvalue weighted by molar-refractivity contribution is -0.151. The third kappa shape index (κ3) is 3.53. The third-order valence-corrected chi connectivity index (χ3v) is 2.41. The maximum atomic E-state index is 12.4. The van der Waals surface area contributed by atoms with Gasteiger partial charge in [0.2, 0.25) is 5.91 Å². The SMILES string of the molecule is O=C(CC(F)(F)F)N(c1ccccc1)c1ccncn1. The fourth-order valence-electron chi connectivity index (χ4n) is 1.65. The van der Waals surface area contributed by atoms with Gasteiger partial charge in [-0.05, 0) is 18.2 Å². The normalized spacial score (nSPS) is 11.2. The number of alkyl halides is 3. The standard InChI is InChI=1S/C13H10F3N3O/c14-13(15,16)8-12(20)19(10-4-2-1-3-5-10)11-6-7-17-9-18-11/h1-7,9H,8H2. The zero-order valence-corrected chi connectivity index (χ0v) is 10.2. The summed E-state index contributed by atoms with van der Waals surface area (Å²) in [5, 5.41) is 0. The Labute approximate surface area is 112 Å². The number of hydrogen-bond donors (Lipinski definition) is 0. The summed E-state index contributed by atoms with van der Waals surface area (Å²) >= 11 is 0. The van der Waals surface area contributed by atoms with Crippen LogP contribution in [0.25, 0.3) is 0 Å². The minimum atomic E-state index is -4.57. The average molecular weight is 281 g/mol. The van der Waals surface area contributed by atoms with Crippen LogP contribution in [0.4, 0.5) is 24.7 Å². The van der Waals surface area contributed by atoms with Gasteiger partial charge in [-0.2, -0.15) is 13.2 Å². The van der Waals surface area contributed by atoms with Gasteiger partial charge >= 0.3 is 6.18 Å². The molecular weight excluding hydrogens is 271 g/mol. The highest BCUT2D eigenvalue weighted by Gasteiger charge is 2.34. The van der Waals surface area contributed by atoms with Crippen molar-refractivity contribution in [1.82, 2.24) is 9.97 Å². The Kier molecular flexibility index (Phi) is 3.97. The zero-order chi connectivity index (χ0) is 14.6. The van der Waals surface area contributed by atoms with E-state index in [1.807, 2.05) is 0 Å². The number of halogens is 3. The van der Waals surface area contributed by atoms with E-state index in [9.17, 15) is 18.0 Å². The highest BCUT2D eigenvalue weighted by atomic mass is 19.4. The summed E-state index contributed by atoms with van der Waals surface area (Å²) < 4.78 is 37.3. The molecule has 0 unspecified atom stereocenters. The molecule has 0 atom stereocenters. The molecule has 0 aliphatic heterocycles. The molecule has 1 aromatic heterocycles. The predicted molar refractivity (Wildman–Crippen MR) is 66.3 cm³/mol. The Morgan fingerprint density at radius 3 is 2.40 bits per heavy atom.